The minimum Gasteiger partial charge on any atom is -0.451 e. The van der Waals surface area contributed by atoms with Crippen LogP contribution in [0.3, 0.4) is 0 Å². The first-order valence-electron chi connectivity index (χ1n) is 7.10. The van der Waals surface area contributed by atoms with Crippen LogP contribution < -0.4 is 0 Å². The van der Waals surface area contributed by atoms with Gasteiger partial charge in [-0.15, -0.1) is 5.01 Å². The molecule has 0 radical (unpaired) electrons. The molecular weight excluding hydrogens is 300 g/mol. The summed E-state index contributed by atoms with van der Waals surface area (Å²) in [5.74, 6) is -0.536. The lowest BCUT2D eigenvalue weighted by atomic mass is 9.81. The van der Waals surface area contributed by atoms with Crippen molar-refractivity contribution in [3.8, 4) is 0 Å². The highest BCUT2D eigenvalue weighted by molar-refractivity contribution is 6.06. The Balaban J connectivity index is 2.43. The number of rotatable bonds is 4. The molecule has 7 nitrogen and oxygen atoms in total. The first kappa shape index (κ1) is 16.5. The fourth-order valence-corrected chi connectivity index (χ4v) is 2.63. The summed E-state index contributed by atoms with van der Waals surface area (Å²) in [4.78, 5) is 36.9. The summed E-state index contributed by atoms with van der Waals surface area (Å²) in [6.07, 6.45) is -0.100. The first-order chi connectivity index (χ1) is 11.0. The van der Waals surface area contributed by atoms with E-state index in [9.17, 15) is 14.4 Å². The number of carbonyl (C=O) groups excluding carboxylic acids is 3. The van der Waals surface area contributed by atoms with Gasteiger partial charge >= 0.3 is 12.2 Å². The van der Waals surface area contributed by atoms with Crippen LogP contribution in [0.5, 0.6) is 0 Å². The molecule has 1 atom stereocenters. The van der Waals surface area contributed by atoms with E-state index in [0.717, 1.165) is 5.01 Å². The predicted molar refractivity (Wildman–Crippen MR) is 81.0 cm³/mol. The second-order valence-electron chi connectivity index (χ2n) is 4.84. The monoisotopic (exact) mass is 318 g/mol. The molecule has 0 N–H and O–H groups in total. The lowest BCUT2D eigenvalue weighted by molar-refractivity contribution is -0.202. The summed E-state index contributed by atoms with van der Waals surface area (Å²) in [5.41, 5.74) is -0.674. The van der Waals surface area contributed by atoms with Crippen molar-refractivity contribution in [2.24, 2.45) is 0 Å². The van der Waals surface area contributed by atoms with Crippen molar-refractivity contribution in [3.63, 3.8) is 0 Å². The topological polar surface area (TPSA) is 76.2 Å². The molecule has 0 unspecified atom stereocenters. The molecule has 0 saturated carbocycles. The third kappa shape index (κ3) is 2.44. The number of amides is 3. The Morgan fingerprint density at radius 2 is 1.91 bits per heavy atom. The van der Waals surface area contributed by atoms with Crippen molar-refractivity contribution in [1.82, 2.24) is 10.0 Å². The summed E-state index contributed by atoms with van der Waals surface area (Å²) in [5, 5.41) is 1.65. The quantitative estimate of drug-likeness (QED) is 0.797. The smallest absolute Gasteiger partial charge is 0.436 e. The molecule has 0 aliphatic carbocycles. The van der Waals surface area contributed by atoms with E-state index in [0.29, 0.717) is 10.6 Å². The maximum Gasteiger partial charge on any atom is 0.436 e. The third-order valence-corrected chi connectivity index (χ3v) is 3.72. The average Bonchev–Trinajstić information content (AvgIpc) is 2.58. The Hall–Kier alpha value is -2.83. The van der Waals surface area contributed by atoms with Gasteiger partial charge in [0.05, 0.1) is 7.11 Å². The molecule has 122 valence electrons. The van der Waals surface area contributed by atoms with Crippen LogP contribution in [-0.4, -0.2) is 41.8 Å². The molecule has 1 fully saturated rings. The molecule has 2 rings (SSSR count). The van der Waals surface area contributed by atoms with Crippen molar-refractivity contribution in [1.29, 1.82) is 0 Å². The van der Waals surface area contributed by atoms with Gasteiger partial charge < -0.3 is 9.47 Å². The number of hydrogen-bond acceptors (Lipinski definition) is 5. The van der Waals surface area contributed by atoms with Crippen LogP contribution in [0.4, 0.5) is 9.59 Å². The van der Waals surface area contributed by atoms with Crippen LogP contribution in [0.25, 0.3) is 0 Å². The number of hydrogen-bond donors (Lipinski definition) is 0. The largest absolute Gasteiger partial charge is 0.451 e. The van der Waals surface area contributed by atoms with Gasteiger partial charge in [-0.2, -0.15) is 5.01 Å². The summed E-state index contributed by atoms with van der Waals surface area (Å²) < 4.78 is 9.59. The molecular formula is C16H18N2O5. The summed E-state index contributed by atoms with van der Waals surface area (Å²) in [7, 11) is 1.18. The van der Waals surface area contributed by atoms with Crippen molar-refractivity contribution >= 4 is 18.1 Å². The fraction of sp³-hybridized carbons (Fsp3) is 0.312. The van der Waals surface area contributed by atoms with E-state index >= 15 is 0 Å². The van der Waals surface area contributed by atoms with Gasteiger partial charge in [0.25, 0.3) is 5.91 Å². The second-order valence-corrected chi connectivity index (χ2v) is 4.84. The van der Waals surface area contributed by atoms with E-state index in [1.54, 1.807) is 37.3 Å². The molecule has 1 aromatic rings. The zero-order valence-electron chi connectivity index (χ0n) is 13.0. The molecule has 1 heterocycles. The minimum atomic E-state index is -1.28. The Bertz CT molecular complexity index is 631. The summed E-state index contributed by atoms with van der Waals surface area (Å²) in [6.45, 7) is 5.12. The van der Waals surface area contributed by atoms with Crippen molar-refractivity contribution in [2.75, 3.05) is 13.7 Å². The van der Waals surface area contributed by atoms with Crippen LogP contribution in [0.2, 0.25) is 0 Å². The van der Waals surface area contributed by atoms with Gasteiger partial charge in [-0.3, -0.25) is 4.79 Å². The molecule has 0 spiro atoms. The number of imide groups is 1. The molecule has 1 saturated heterocycles. The highest BCUT2D eigenvalue weighted by Crippen LogP contribution is 2.44. The maximum absolute atomic E-state index is 12.7. The highest BCUT2D eigenvalue weighted by Gasteiger charge is 2.65. The number of benzene rings is 1. The number of ether oxygens (including phenoxy) is 2. The van der Waals surface area contributed by atoms with Crippen LogP contribution in [-0.2, 0) is 19.8 Å². The third-order valence-electron chi connectivity index (χ3n) is 3.72. The SMILES string of the molecule is C=CCOC(=O)N1C(=O)[C@@](CC)(c2ccccc2)N1C(=O)OC. The normalized spacial score (nSPS) is 19.8. The standard InChI is InChI=1S/C16H18N2O5/c1-4-11-23-14(20)17-13(19)16(5-2,18(17)15(21)22-3)12-9-7-6-8-10-12/h4,6-10H,1,5,11H2,2-3H3/t16-/m1/s1. The maximum atomic E-state index is 12.7. The van der Waals surface area contributed by atoms with Crippen LogP contribution in [0.1, 0.15) is 18.9 Å². The van der Waals surface area contributed by atoms with Crippen LogP contribution >= 0.6 is 0 Å². The van der Waals surface area contributed by atoms with Gasteiger partial charge in [0.2, 0.25) is 0 Å². The Morgan fingerprint density at radius 1 is 1.26 bits per heavy atom. The zero-order valence-corrected chi connectivity index (χ0v) is 13.0. The number of nitrogens with zero attached hydrogens (tertiary/aromatic N) is 2. The van der Waals surface area contributed by atoms with E-state index in [2.05, 4.69) is 6.58 Å². The minimum absolute atomic E-state index is 0.0674. The van der Waals surface area contributed by atoms with Gasteiger partial charge in [0, 0.05) is 0 Å². The second kappa shape index (κ2) is 6.51. The molecule has 23 heavy (non-hydrogen) atoms. The van der Waals surface area contributed by atoms with Gasteiger partial charge in [-0.05, 0) is 12.0 Å². The van der Waals surface area contributed by atoms with E-state index in [1.807, 2.05) is 0 Å². The van der Waals surface area contributed by atoms with Gasteiger partial charge in [-0.25, -0.2) is 9.59 Å². The summed E-state index contributed by atoms with van der Waals surface area (Å²) in [6, 6.07) is 8.77. The van der Waals surface area contributed by atoms with E-state index in [-0.39, 0.29) is 13.0 Å². The Kier molecular flexibility index (Phi) is 4.68. The van der Waals surface area contributed by atoms with Crippen LogP contribution in [0, 0.1) is 0 Å². The van der Waals surface area contributed by atoms with Crippen LogP contribution in [0.15, 0.2) is 43.0 Å². The lowest BCUT2D eigenvalue weighted by Crippen LogP contribution is -2.77. The van der Waals surface area contributed by atoms with Gasteiger partial charge in [0.15, 0.2) is 5.54 Å². The first-order valence-corrected chi connectivity index (χ1v) is 7.10. The average molecular weight is 318 g/mol. The number of carbonyl (C=O) groups is 3. The summed E-state index contributed by atoms with van der Waals surface area (Å²) >= 11 is 0. The lowest BCUT2D eigenvalue weighted by Gasteiger charge is -2.54. The van der Waals surface area contributed by atoms with Gasteiger partial charge in [-0.1, -0.05) is 49.9 Å². The number of hydrazine groups is 1. The fourth-order valence-electron chi connectivity index (χ4n) is 2.63. The zero-order chi connectivity index (χ0) is 17.0. The van der Waals surface area contributed by atoms with Crippen molar-refractivity contribution < 1.29 is 23.9 Å². The Labute approximate surface area is 134 Å². The molecule has 7 heteroatoms. The molecule has 1 aliphatic heterocycles. The Morgan fingerprint density at radius 3 is 2.43 bits per heavy atom. The van der Waals surface area contributed by atoms with E-state index < -0.39 is 23.6 Å². The van der Waals surface area contributed by atoms with Gasteiger partial charge in [0.1, 0.15) is 6.61 Å². The van der Waals surface area contributed by atoms with Crippen molar-refractivity contribution in [3.05, 3.63) is 48.6 Å². The molecule has 0 bridgehead atoms. The highest BCUT2D eigenvalue weighted by atomic mass is 16.6. The molecule has 3 amide bonds. The molecule has 0 aromatic heterocycles. The van der Waals surface area contributed by atoms with E-state index in [4.69, 9.17) is 9.47 Å². The van der Waals surface area contributed by atoms with E-state index in [1.165, 1.54) is 13.2 Å². The molecule has 1 aliphatic rings. The predicted octanol–water partition coefficient (Wildman–Crippen LogP) is 2.44. The van der Waals surface area contributed by atoms with Crippen molar-refractivity contribution in [2.45, 2.75) is 18.9 Å². The molecule has 1 aromatic carbocycles. The number of methoxy groups -OCH3 is 1.